The Hall–Kier alpha value is -2.08. The molecule has 7 heteroatoms. The van der Waals surface area contributed by atoms with E-state index in [-0.39, 0.29) is 31.4 Å². The number of carbonyl (C=O) groups excluding carboxylic acids is 3. The number of benzene rings is 1. The Morgan fingerprint density at radius 2 is 1.75 bits per heavy atom. The first kappa shape index (κ1) is 18.3. The molecule has 0 radical (unpaired) electrons. The van der Waals surface area contributed by atoms with Gasteiger partial charge in [-0.25, -0.2) is 0 Å². The first-order chi connectivity index (χ1) is 11.6. The average Bonchev–Trinajstić information content (AvgIpc) is 2.61. The highest BCUT2D eigenvalue weighted by atomic mass is 35.5. The van der Waals surface area contributed by atoms with Gasteiger partial charge in [-0.1, -0.05) is 11.6 Å². The smallest absolute Gasteiger partial charge is 0.308 e. The van der Waals surface area contributed by atoms with E-state index in [2.05, 4.69) is 5.32 Å². The number of likely N-dealkylation sites (tertiary alicyclic amines) is 1. The maximum absolute atomic E-state index is 11.9. The van der Waals surface area contributed by atoms with E-state index < -0.39 is 5.97 Å². The van der Waals surface area contributed by atoms with E-state index in [0.717, 1.165) is 32.4 Å². The van der Waals surface area contributed by atoms with Gasteiger partial charge in [0, 0.05) is 30.2 Å². The monoisotopic (exact) mass is 352 g/mol. The third-order valence-electron chi connectivity index (χ3n) is 3.79. The lowest BCUT2D eigenvalue weighted by Gasteiger charge is -2.26. The number of nitrogens with zero attached hydrogens (tertiary/aromatic N) is 1. The van der Waals surface area contributed by atoms with E-state index in [1.165, 1.54) is 0 Å². The molecule has 2 rings (SSSR count). The number of halogens is 1. The van der Waals surface area contributed by atoms with Crippen molar-refractivity contribution in [3.63, 3.8) is 0 Å². The van der Waals surface area contributed by atoms with Crippen molar-refractivity contribution >= 4 is 29.4 Å². The van der Waals surface area contributed by atoms with E-state index in [1.54, 1.807) is 29.2 Å². The van der Waals surface area contributed by atoms with Crippen LogP contribution in [0.2, 0.25) is 5.02 Å². The number of ether oxygens (including phenoxy) is 1. The topological polar surface area (TPSA) is 75.7 Å². The number of nitrogens with one attached hydrogen (secondary N) is 1. The van der Waals surface area contributed by atoms with Crippen molar-refractivity contribution in [3.8, 4) is 0 Å². The Labute approximate surface area is 146 Å². The SMILES string of the molecule is O=C(CCNC(=O)c1ccc(Cl)cc1)OCC(=O)N1CCCCC1. The molecule has 1 aromatic rings. The minimum Gasteiger partial charge on any atom is -0.456 e. The average molecular weight is 353 g/mol. The maximum atomic E-state index is 11.9. The lowest BCUT2D eigenvalue weighted by atomic mass is 10.1. The number of esters is 1. The first-order valence-corrected chi connectivity index (χ1v) is 8.41. The van der Waals surface area contributed by atoms with Gasteiger partial charge in [0.05, 0.1) is 6.42 Å². The molecule has 0 aliphatic carbocycles. The van der Waals surface area contributed by atoms with E-state index in [9.17, 15) is 14.4 Å². The van der Waals surface area contributed by atoms with Crippen molar-refractivity contribution in [3.05, 3.63) is 34.9 Å². The summed E-state index contributed by atoms with van der Waals surface area (Å²) in [7, 11) is 0. The summed E-state index contributed by atoms with van der Waals surface area (Å²) in [4.78, 5) is 37.1. The third kappa shape index (κ3) is 5.85. The lowest BCUT2D eigenvalue weighted by molar-refractivity contribution is -0.152. The number of hydrogen-bond acceptors (Lipinski definition) is 4. The van der Waals surface area contributed by atoms with Crippen LogP contribution in [0.3, 0.4) is 0 Å². The van der Waals surface area contributed by atoms with Crippen molar-refractivity contribution in [2.24, 2.45) is 0 Å². The van der Waals surface area contributed by atoms with Gasteiger partial charge in [0.2, 0.25) is 0 Å². The Balaban J connectivity index is 1.63. The van der Waals surface area contributed by atoms with Crippen LogP contribution in [0.5, 0.6) is 0 Å². The van der Waals surface area contributed by atoms with Crippen molar-refractivity contribution in [2.75, 3.05) is 26.2 Å². The molecular formula is C17H21ClN2O4. The number of piperidine rings is 1. The van der Waals surface area contributed by atoms with Gasteiger partial charge in [-0.3, -0.25) is 14.4 Å². The Morgan fingerprint density at radius 1 is 1.08 bits per heavy atom. The van der Waals surface area contributed by atoms with Crippen molar-refractivity contribution < 1.29 is 19.1 Å². The van der Waals surface area contributed by atoms with E-state index >= 15 is 0 Å². The summed E-state index contributed by atoms with van der Waals surface area (Å²) in [6.07, 6.45) is 3.15. The molecule has 1 aromatic carbocycles. The van der Waals surface area contributed by atoms with Gasteiger partial charge in [0.15, 0.2) is 6.61 Å². The molecule has 24 heavy (non-hydrogen) atoms. The number of rotatable bonds is 6. The van der Waals surface area contributed by atoms with Gasteiger partial charge in [-0.05, 0) is 43.5 Å². The number of carbonyl (C=O) groups is 3. The molecule has 6 nitrogen and oxygen atoms in total. The van der Waals surface area contributed by atoms with Crippen LogP contribution in [0, 0.1) is 0 Å². The molecule has 2 amide bonds. The second-order valence-electron chi connectivity index (χ2n) is 5.61. The molecule has 0 spiro atoms. The fourth-order valence-electron chi connectivity index (χ4n) is 2.43. The van der Waals surface area contributed by atoms with Crippen LogP contribution in [0.1, 0.15) is 36.0 Å². The lowest BCUT2D eigenvalue weighted by Crippen LogP contribution is -2.38. The van der Waals surface area contributed by atoms with E-state index in [0.29, 0.717) is 10.6 Å². The predicted molar refractivity (Wildman–Crippen MR) is 89.8 cm³/mol. The summed E-state index contributed by atoms with van der Waals surface area (Å²) in [6, 6.07) is 6.45. The molecule has 1 saturated heterocycles. The first-order valence-electron chi connectivity index (χ1n) is 8.03. The molecule has 1 N–H and O–H groups in total. The maximum Gasteiger partial charge on any atom is 0.308 e. The molecule has 1 fully saturated rings. The second-order valence-corrected chi connectivity index (χ2v) is 6.05. The van der Waals surface area contributed by atoms with Crippen LogP contribution in [0.4, 0.5) is 0 Å². The van der Waals surface area contributed by atoms with Crippen LogP contribution in [-0.2, 0) is 14.3 Å². The molecule has 1 heterocycles. The summed E-state index contributed by atoms with van der Waals surface area (Å²) in [5.41, 5.74) is 0.466. The highest BCUT2D eigenvalue weighted by molar-refractivity contribution is 6.30. The molecule has 1 aliphatic heterocycles. The minimum absolute atomic E-state index is 0.0204. The molecule has 0 bridgehead atoms. The van der Waals surface area contributed by atoms with Gasteiger partial charge in [-0.15, -0.1) is 0 Å². The van der Waals surface area contributed by atoms with Crippen LogP contribution < -0.4 is 5.32 Å². The normalized spacial score (nSPS) is 14.1. The van der Waals surface area contributed by atoms with Crippen LogP contribution in [0.15, 0.2) is 24.3 Å². The van der Waals surface area contributed by atoms with Crippen LogP contribution >= 0.6 is 11.6 Å². The van der Waals surface area contributed by atoms with E-state index in [1.807, 2.05) is 0 Å². The zero-order chi connectivity index (χ0) is 17.4. The summed E-state index contributed by atoms with van der Waals surface area (Å²) in [5, 5.41) is 3.17. The van der Waals surface area contributed by atoms with Crippen molar-refractivity contribution in [1.29, 1.82) is 0 Å². The largest absolute Gasteiger partial charge is 0.456 e. The molecule has 0 saturated carbocycles. The van der Waals surface area contributed by atoms with E-state index in [4.69, 9.17) is 16.3 Å². The summed E-state index contributed by atoms with van der Waals surface area (Å²) in [6.45, 7) is 1.38. The summed E-state index contributed by atoms with van der Waals surface area (Å²) < 4.78 is 4.96. The summed E-state index contributed by atoms with van der Waals surface area (Å²) in [5.74, 6) is -0.950. The molecule has 130 valence electrons. The quantitative estimate of drug-likeness (QED) is 0.795. The Bertz CT molecular complexity index is 583. The number of hydrogen-bond donors (Lipinski definition) is 1. The molecule has 0 atom stereocenters. The molecular weight excluding hydrogens is 332 g/mol. The molecule has 1 aliphatic rings. The zero-order valence-electron chi connectivity index (χ0n) is 13.4. The highest BCUT2D eigenvalue weighted by Crippen LogP contribution is 2.10. The minimum atomic E-state index is -0.503. The fraction of sp³-hybridized carbons (Fsp3) is 0.471. The zero-order valence-corrected chi connectivity index (χ0v) is 14.2. The van der Waals surface area contributed by atoms with Crippen LogP contribution in [0.25, 0.3) is 0 Å². The molecule has 0 aromatic heterocycles. The van der Waals surface area contributed by atoms with Gasteiger partial charge >= 0.3 is 5.97 Å². The summed E-state index contributed by atoms with van der Waals surface area (Å²) >= 11 is 5.75. The van der Waals surface area contributed by atoms with Gasteiger partial charge in [0.25, 0.3) is 11.8 Å². The fourth-order valence-corrected chi connectivity index (χ4v) is 2.56. The second kappa shape index (κ2) is 9.27. The van der Waals surface area contributed by atoms with Gasteiger partial charge in [0.1, 0.15) is 0 Å². The Morgan fingerprint density at radius 3 is 2.42 bits per heavy atom. The highest BCUT2D eigenvalue weighted by Gasteiger charge is 2.17. The van der Waals surface area contributed by atoms with Crippen molar-refractivity contribution in [2.45, 2.75) is 25.7 Å². The van der Waals surface area contributed by atoms with Gasteiger partial charge < -0.3 is 15.0 Å². The van der Waals surface area contributed by atoms with Gasteiger partial charge in [-0.2, -0.15) is 0 Å². The Kier molecular flexibility index (Phi) is 7.06. The number of amides is 2. The molecule has 0 unspecified atom stereocenters. The predicted octanol–water partition coefficient (Wildman–Crippen LogP) is 2.02. The standard InChI is InChI=1S/C17H21ClN2O4/c18-14-6-4-13(5-7-14)17(23)19-9-8-16(22)24-12-15(21)20-10-2-1-3-11-20/h4-7H,1-3,8-12H2,(H,19,23). The van der Waals surface area contributed by atoms with Crippen LogP contribution in [-0.4, -0.2) is 48.9 Å². The third-order valence-corrected chi connectivity index (χ3v) is 4.04. The van der Waals surface area contributed by atoms with Crippen molar-refractivity contribution in [1.82, 2.24) is 10.2 Å².